The molecule has 10 heteroatoms. The van der Waals surface area contributed by atoms with Gasteiger partial charge < -0.3 is 30.6 Å². The molecular formula is C25H30FN7O2. The first-order valence-electron chi connectivity index (χ1n) is 11.7. The molecule has 1 fully saturated rings. The van der Waals surface area contributed by atoms with Gasteiger partial charge in [0.05, 0.1) is 23.4 Å². The molecule has 2 aliphatic rings. The lowest BCUT2D eigenvalue weighted by Gasteiger charge is -2.28. The number of anilines is 3. The van der Waals surface area contributed by atoms with E-state index >= 15 is 4.39 Å². The largest absolute Gasteiger partial charge is 0.382 e. The zero-order valence-corrected chi connectivity index (χ0v) is 20.3. The molecular weight excluding hydrogens is 449 g/mol. The van der Waals surface area contributed by atoms with Gasteiger partial charge in [-0.05, 0) is 24.1 Å². The van der Waals surface area contributed by atoms with Crippen molar-refractivity contribution >= 4 is 23.1 Å². The number of halogens is 1. The van der Waals surface area contributed by atoms with Gasteiger partial charge in [-0.3, -0.25) is 4.79 Å². The normalized spacial score (nSPS) is 21.2. The summed E-state index contributed by atoms with van der Waals surface area (Å²) in [5.41, 5.74) is 9.97. The number of nitrogen functional groups attached to an aromatic ring is 1. The standard InChI is InChI=1S/C25H30FN7O2/c1-13-19-16(25(34)28-2)11-30-23(27)22(19)31-21(13)20-17(26)9-14(24-29-6-8-32(24)3)10-18(20)33-7-5-15(12-33)35-4/h6,8-11,13,15,21,31H,5,7,12H2,1-4H3,(H2,27,30)(H,28,34)/t13?,15-,21?/m1/s1. The number of imidazole rings is 1. The molecule has 0 radical (unpaired) electrons. The number of carbonyl (C=O) groups is 1. The van der Waals surface area contributed by atoms with Crippen LogP contribution in [-0.4, -0.2) is 53.8 Å². The molecule has 0 saturated carbocycles. The van der Waals surface area contributed by atoms with E-state index in [2.05, 4.69) is 25.5 Å². The number of rotatable bonds is 5. The number of hydrogen-bond acceptors (Lipinski definition) is 7. The Bertz CT molecular complexity index is 1290. The second-order valence-corrected chi connectivity index (χ2v) is 9.18. The van der Waals surface area contributed by atoms with E-state index in [0.29, 0.717) is 34.7 Å². The van der Waals surface area contributed by atoms with Crippen LogP contribution in [0.15, 0.2) is 30.7 Å². The lowest BCUT2D eigenvalue weighted by Crippen LogP contribution is -2.26. The van der Waals surface area contributed by atoms with Crippen LogP contribution in [0.1, 0.15) is 46.8 Å². The number of benzene rings is 1. The van der Waals surface area contributed by atoms with Crippen molar-refractivity contribution in [1.82, 2.24) is 19.9 Å². The highest BCUT2D eigenvalue weighted by molar-refractivity contribution is 5.98. The summed E-state index contributed by atoms with van der Waals surface area (Å²) in [6, 6.07) is 3.09. The summed E-state index contributed by atoms with van der Waals surface area (Å²) in [5.74, 6) is 0.151. The molecule has 2 aliphatic heterocycles. The van der Waals surface area contributed by atoms with Crippen LogP contribution in [0.2, 0.25) is 0 Å². The Labute approximate surface area is 203 Å². The number of hydrogen-bond donors (Lipinski definition) is 3. The summed E-state index contributed by atoms with van der Waals surface area (Å²) in [7, 11) is 5.16. The molecule has 1 saturated heterocycles. The number of pyridine rings is 1. The maximum absolute atomic E-state index is 16.1. The summed E-state index contributed by atoms with van der Waals surface area (Å²) >= 11 is 0. The Hall–Kier alpha value is -3.66. The molecule has 4 N–H and O–H groups in total. The van der Waals surface area contributed by atoms with E-state index in [9.17, 15) is 4.79 Å². The fourth-order valence-electron chi connectivity index (χ4n) is 5.34. The van der Waals surface area contributed by atoms with E-state index in [1.165, 1.54) is 12.3 Å². The first kappa shape index (κ1) is 23.1. The van der Waals surface area contributed by atoms with Crippen LogP contribution in [-0.2, 0) is 11.8 Å². The molecule has 4 heterocycles. The Morgan fingerprint density at radius 1 is 1.31 bits per heavy atom. The third kappa shape index (κ3) is 3.78. The maximum Gasteiger partial charge on any atom is 0.252 e. The molecule has 35 heavy (non-hydrogen) atoms. The van der Waals surface area contributed by atoms with Gasteiger partial charge in [-0.15, -0.1) is 0 Å². The van der Waals surface area contributed by atoms with Crippen molar-refractivity contribution in [2.24, 2.45) is 7.05 Å². The Balaban J connectivity index is 1.65. The van der Waals surface area contributed by atoms with Gasteiger partial charge in [0.2, 0.25) is 0 Å². The van der Waals surface area contributed by atoms with Crippen molar-refractivity contribution in [3.8, 4) is 11.4 Å². The monoisotopic (exact) mass is 479 g/mol. The Kier molecular flexibility index (Phi) is 5.84. The number of methoxy groups -OCH3 is 1. The molecule has 1 amide bonds. The molecule has 2 unspecified atom stereocenters. The van der Waals surface area contributed by atoms with Gasteiger partial charge in [-0.25, -0.2) is 14.4 Å². The van der Waals surface area contributed by atoms with E-state index < -0.39 is 6.04 Å². The number of fused-ring (bicyclic) bond motifs is 1. The highest BCUT2D eigenvalue weighted by Gasteiger charge is 2.39. The minimum Gasteiger partial charge on any atom is -0.382 e. The minimum atomic E-state index is -0.438. The van der Waals surface area contributed by atoms with Gasteiger partial charge >= 0.3 is 0 Å². The van der Waals surface area contributed by atoms with Crippen LogP contribution in [0.5, 0.6) is 0 Å². The molecule has 3 atom stereocenters. The van der Waals surface area contributed by atoms with Gasteiger partial charge in [-0.2, -0.15) is 0 Å². The molecule has 0 spiro atoms. The van der Waals surface area contributed by atoms with E-state index in [0.717, 1.165) is 24.2 Å². The second kappa shape index (κ2) is 8.84. The number of nitrogens with zero attached hydrogens (tertiary/aromatic N) is 4. The molecule has 0 bridgehead atoms. The minimum absolute atomic E-state index is 0.0774. The van der Waals surface area contributed by atoms with Crippen LogP contribution in [0.25, 0.3) is 11.4 Å². The summed E-state index contributed by atoms with van der Waals surface area (Å²) in [5, 5.41) is 6.06. The van der Waals surface area contributed by atoms with Gasteiger partial charge in [0.15, 0.2) is 0 Å². The van der Waals surface area contributed by atoms with Crippen LogP contribution in [0.3, 0.4) is 0 Å². The highest BCUT2D eigenvalue weighted by Crippen LogP contribution is 2.50. The van der Waals surface area contributed by atoms with Crippen molar-refractivity contribution in [3.05, 3.63) is 53.2 Å². The SMILES string of the molecule is CNC(=O)c1cnc(N)c2c1C(C)C(c1c(F)cc(-c3nccn3C)cc1N1CC[C@@H](OC)C1)N2. The van der Waals surface area contributed by atoms with Gasteiger partial charge in [0.25, 0.3) is 5.91 Å². The number of ether oxygens (including phenoxy) is 1. The quantitative estimate of drug-likeness (QED) is 0.516. The first-order chi connectivity index (χ1) is 16.8. The number of nitrogens with one attached hydrogen (secondary N) is 2. The average molecular weight is 480 g/mol. The number of nitrogens with two attached hydrogens (primary N) is 1. The molecule has 3 aromatic rings. The van der Waals surface area contributed by atoms with Gasteiger partial charge in [0.1, 0.15) is 17.5 Å². The van der Waals surface area contributed by atoms with Crippen molar-refractivity contribution in [1.29, 1.82) is 0 Å². The van der Waals surface area contributed by atoms with E-state index in [4.69, 9.17) is 10.5 Å². The van der Waals surface area contributed by atoms with Crippen LogP contribution in [0.4, 0.5) is 21.6 Å². The predicted octanol–water partition coefficient (Wildman–Crippen LogP) is 3.06. The predicted molar refractivity (Wildman–Crippen MR) is 133 cm³/mol. The number of aryl methyl sites for hydroxylation is 1. The molecule has 2 aromatic heterocycles. The highest BCUT2D eigenvalue weighted by atomic mass is 19.1. The summed E-state index contributed by atoms with van der Waals surface area (Å²) < 4.78 is 23.5. The second-order valence-electron chi connectivity index (χ2n) is 9.18. The van der Waals surface area contributed by atoms with Crippen molar-refractivity contribution in [2.45, 2.75) is 31.4 Å². The van der Waals surface area contributed by atoms with Gasteiger partial charge in [0, 0.05) is 75.6 Å². The Morgan fingerprint density at radius 3 is 2.77 bits per heavy atom. The maximum atomic E-state index is 16.1. The number of aromatic nitrogens is 3. The molecule has 5 rings (SSSR count). The van der Waals surface area contributed by atoms with Crippen LogP contribution >= 0.6 is 0 Å². The summed E-state index contributed by atoms with van der Waals surface area (Å²) in [4.78, 5) is 23.4. The van der Waals surface area contributed by atoms with Crippen LogP contribution in [0, 0.1) is 5.82 Å². The Morgan fingerprint density at radius 2 is 2.11 bits per heavy atom. The van der Waals surface area contributed by atoms with Crippen LogP contribution < -0.4 is 21.3 Å². The zero-order chi connectivity index (χ0) is 24.9. The molecule has 1 aromatic carbocycles. The topological polar surface area (TPSA) is 110 Å². The first-order valence-corrected chi connectivity index (χ1v) is 11.7. The fraction of sp³-hybridized carbons (Fsp3) is 0.400. The number of carbonyl (C=O) groups excluding carboxylic acids is 1. The lowest BCUT2D eigenvalue weighted by atomic mass is 9.88. The van der Waals surface area contributed by atoms with E-state index in [1.807, 2.05) is 30.8 Å². The average Bonchev–Trinajstić information content (AvgIpc) is 3.58. The smallest absolute Gasteiger partial charge is 0.252 e. The summed E-state index contributed by atoms with van der Waals surface area (Å²) in [6.07, 6.45) is 5.96. The fourth-order valence-corrected chi connectivity index (χ4v) is 5.34. The van der Waals surface area contributed by atoms with Gasteiger partial charge in [-0.1, -0.05) is 6.92 Å². The summed E-state index contributed by atoms with van der Waals surface area (Å²) in [6.45, 7) is 3.39. The molecule has 184 valence electrons. The lowest BCUT2D eigenvalue weighted by molar-refractivity contribution is 0.0961. The third-order valence-corrected chi connectivity index (χ3v) is 7.19. The number of amides is 1. The molecule has 0 aliphatic carbocycles. The van der Waals surface area contributed by atoms with E-state index in [1.54, 1.807) is 20.4 Å². The van der Waals surface area contributed by atoms with Crippen molar-refractivity contribution < 1.29 is 13.9 Å². The zero-order valence-electron chi connectivity index (χ0n) is 20.3. The van der Waals surface area contributed by atoms with Crippen molar-refractivity contribution in [2.75, 3.05) is 43.2 Å². The van der Waals surface area contributed by atoms with E-state index in [-0.39, 0.29) is 29.6 Å². The van der Waals surface area contributed by atoms with Crippen molar-refractivity contribution in [3.63, 3.8) is 0 Å². The third-order valence-electron chi connectivity index (χ3n) is 7.19. The molecule has 9 nitrogen and oxygen atoms in total.